The molecule has 5 aromatic rings. The predicted molar refractivity (Wildman–Crippen MR) is 153 cm³/mol. The third kappa shape index (κ3) is 4.72. The molecule has 0 amide bonds. The number of anilines is 1. The number of imidazole rings is 1. The molecule has 6 rings (SSSR count). The van der Waals surface area contributed by atoms with Crippen LogP contribution in [0.15, 0.2) is 54.9 Å². The number of aromatic amines is 2. The highest BCUT2D eigenvalue weighted by molar-refractivity contribution is 5.92. The minimum Gasteiger partial charge on any atom is -0.494 e. The molecule has 0 bridgehead atoms. The van der Waals surface area contributed by atoms with Gasteiger partial charge in [0.2, 0.25) is 0 Å². The number of hydrogen-bond acceptors (Lipinski definition) is 6. The van der Waals surface area contributed by atoms with Crippen molar-refractivity contribution in [2.24, 2.45) is 0 Å². The van der Waals surface area contributed by atoms with Gasteiger partial charge in [-0.05, 0) is 69.0 Å². The van der Waals surface area contributed by atoms with Crippen molar-refractivity contribution in [3.8, 4) is 34.3 Å². The van der Waals surface area contributed by atoms with Crippen LogP contribution >= 0.6 is 0 Å². The van der Waals surface area contributed by atoms with Gasteiger partial charge in [-0.1, -0.05) is 24.3 Å². The first-order valence-electron chi connectivity index (χ1n) is 13.4. The lowest BCUT2D eigenvalue weighted by Crippen LogP contribution is -2.33. The van der Waals surface area contributed by atoms with Crippen LogP contribution in [0.3, 0.4) is 0 Å². The summed E-state index contributed by atoms with van der Waals surface area (Å²) in [5, 5.41) is 10.1. The van der Waals surface area contributed by atoms with E-state index in [1.54, 1.807) is 6.33 Å². The van der Waals surface area contributed by atoms with E-state index in [2.05, 4.69) is 69.0 Å². The Morgan fingerprint density at radius 3 is 2.51 bits per heavy atom. The summed E-state index contributed by atoms with van der Waals surface area (Å²) in [6, 6.07) is 18.2. The molecule has 4 heterocycles. The van der Waals surface area contributed by atoms with Crippen LogP contribution in [0.1, 0.15) is 48.3 Å². The van der Waals surface area contributed by atoms with Gasteiger partial charge in [-0.3, -0.25) is 0 Å². The number of ether oxygens (including phenoxy) is 1. The van der Waals surface area contributed by atoms with E-state index in [0.29, 0.717) is 18.1 Å². The van der Waals surface area contributed by atoms with E-state index in [1.165, 1.54) is 0 Å². The summed E-state index contributed by atoms with van der Waals surface area (Å²) < 4.78 is 5.82. The van der Waals surface area contributed by atoms with Gasteiger partial charge in [-0.15, -0.1) is 0 Å². The second-order valence-electron chi connectivity index (χ2n) is 10.1. The van der Waals surface area contributed by atoms with Crippen molar-refractivity contribution in [3.05, 3.63) is 77.5 Å². The average molecular weight is 518 g/mol. The van der Waals surface area contributed by atoms with Crippen LogP contribution in [0, 0.1) is 25.2 Å². The van der Waals surface area contributed by atoms with Crippen molar-refractivity contribution >= 4 is 16.9 Å². The Kier molecular flexibility index (Phi) is 6.49. The van der Waals surface area contributed by atoms with Gasteiger partial charge in [-0.25, -0.2) is 15.0 Å². The number of H-pyrrole nitrogens is 2. The first kappa shape index (κ1) is 24.7. The summed E-state index contributed by atoms with van der Waals surface area (Å²) in [7, 11) is 0. The number of benzene rings is 2. The number of piperidine rings is 1. The Morgan fingerprint density at radius 1 is 1.00 bits per heavy atom. The number of nitrogens with one attached hydrogen (secondary N) is 2. The van der Waals surface area contributed by atoms with E-state index >= 15 is 0 Å². The average Bonchev–Trinajstić information content (AvgIpc) is 3.58. The van der Waals surface area contributed by atoms with E-state index in [-0.39, 0.29) is 0 Å². The second-order valence-corrected chi connectivity index (χ2v) is 10.1. The molecule has 0 spiro atoms. The van der Waals surface area contributed by atoms with E-state index in [9.17, 15) is 0 Å². The Morgan fingerprint density at radius 2 is 1.77 bits per heavy atom. The van der Waals surface area contributed by atoms with Crippen LogP contribution in [0.25, 0.3) is 33.5 Å². The highest BCUT2D eigenvalue weighted by Crippen LogP contribution is 2.35. The number of nitriles is 1. The van der Waals surface area contributed by atoms with E-state index in [4.69, 9.17) is 15.0 Å². The molecule has 0 aliphatic carbocycles. The fraction of sp³-hybridized carbons (Fsp3) is 0.290. The van der Waals surface area contributed by atoms with Crippen LogP contribution in [-0.4, -0.2) is 44.6 Å². The summed E-state index contributed by atoms with van der Waals surface area (Å²) in [5.41, 5.74) is 7.76. The molecule has 39 heavy (non-hydrogen) atoms. The normalized spacial score (nSPS) is 14.1. The predicted octanol–water partition coefficient (Wildman–Crippen LogP) is 6.29. The van der Waals surface area contributed by atoms with Gasteiger partial charge >= 0.3 is 0 Å². The van der Waals surface area contributed by atoms with Crippen LogP contribution in [0.4, 0.5) is 5.82 Å². The molecule has 1 aliphatic rings. The number of aryl methyl sites for hydroxylation is 2. The summed E-state index contributed by atoms with van der Waals surface area (Å²) in [6.07, 6.45) is 3.61. The molecule has 0 unspecified atom stereocenters. The van der Waals surface area contributed by atoms with E-state index in [1.807, 2.05) is 31.2 Å². The molecule has 1 aliphatic heterocycles. The molecule has 8 heteroatoms. The molecule has 1 fully saturated rings. The van der Waals surface area contributed by atoms with Crippen LogP contribution in [0.5, 0.6) is 5.75 Å². The van der Waals surface area contributed by atoms with Crippen molar-refractivity contribution in [2.75, 3.05) is 24.6 Å². The zero-order valence-corrected chi connectivity index (χ0v) is 22.5. The van der Waals surface area contributed by atoms with Crippen molar-refractivity contribution in [3.63, 3.8) is 0 Å². The maximum atomic E-state index is 9.10. The van der Waals surface area contributed by atoms with Gasteiger partial charge in [-0.2, -0.15) is 5.26 Å². The lowest BCUT2D eigenvalue weighted by molar-refractivity contribution is 0.338. The van der Waals surface area contributed by atoms with Gasteiger partial charge < -0.3 is 19.6 Å². The zero-order chi connectivity index (χ0) is 26.9. The second kappa shape index (κ2) is 10.3. The zero-order valence-electron chi connectivity index (χ0n) is 22.5. The minimum atomic E-state index is 0.364. The number of nitrogens with zero attached hydrogens (tertiary/aromatic N) is 5. The molecule has 2 aromatic carbocycles. The summed E-state index contributed by atoms with van der Waals surface area (Å²) in [4.78, 5) is 23.5. The lowest BCUT2D eigenvalue weighted by Gasteiger charge is -2.32. The summed E-state index contributed by atoms with van der Waals surface area (Å²) in [5.74, 6) is 3.29. The smallest absolute Gasteiger partial charge is 0.143 e. The Labute approximate surface area is 227 Å². The van der Waals surface area contributed by atoms with Gasteiger partial charge in [0, 0.05) is 30.3 Å². The van der Waals surface area contributed by atoms with Crippen LogP contribution in [-0.2, 0) is 0 Å². The van der Waals surface area contributed by atoms with Crippen molar-refractivity contribution in [1.82, 2.24) is 24.9 Å². The first-order chi connectivity index (χ1) is 19.0. The van der Waals surface area contributed by atoms with Crippen molar-refractivity contribution in [2.45, 2.75) is 39.5 Å². The first-order valence-corrected chi connectivity index (χ1v) is 13.4. The molecular weight excluding hydrogens is 486 g/mol. The Hall–Kier alpha value is -4.64. The topological polar surface area (TPSA) is 107 Å². The minimum absolute atomic E-state index is 0.364. The maximum absolute atomic E-state index is 9.10. The number of fused-ring (bicyclic) bond motifs is 1. The molecule has 0 radical (unpaired) electrons. The molecule has 8 nitrogen and oxygen atoms in total. The molecule has 0 atom stereocenters. The molecule has 2 N–H and O–H groups in total. The summed E-state index contributed by atoms with van der Waals surface area (Å²) >= 11 is 0. The third-order valence-electron chi connectivity index (χ3n) is 7.59. The van der Waals surface area contributed by atoms with Gasteiger partial charge in [0.05, 0.1) is 35.0 Å². The molecule has 196 valence electrons. The highest BCUT2D eigenvalue weighted by atomic mass is 16.5. The van der Waals surface area contributed by atoms with Crippen molar-refractivity contribution in [1.29, 1.82) is 5.26 Å². The fourth-order valence-electron chi connectivity index (χ4n) is 5.45. The maximum Gasteiger partial charge on any atom is 0.143 e. The van der Waals surface area contributed by atoms with Crippen LogP contribution in [0.2, 0.25) is 0 Å². The largest absolute Gasteiger partial charge is 0.494 e. The molecule has 3 aromatic heterocycles. The number of rotatable bonds is 6. The van der Waals surface area contributed by atoms with Gasteiger partial charge in [0.25, 0.3) is 0 Å². The van der Waals surface area contributed by atoms with Crippen LogP contribution < -0.4 is 9.64 Å². The third-order valence-corrected chi connectivity index (χ3v) is 7.59. The van der Waals surface area contributed by atoms with E-state index < -0.39 is 0 Å². The van der Waals surface area contributed by atoms with Crippen molar-refractivity contribution < 1.29 is 4.74 Å². The Balaban J connectivity index is 1.20. The number of aromatic nitrogens is 5. The lowest BCUT2D eigenvalue weighted by atomic mass is 9.96. The standard InChI is InChI=1S/C31H31N7O/c1-4-39-27-15-24(8-5-19(27)2)28-20(3)35-29(37-28)23-11-13-38(14-12-23)31-25-16-26(36-30(25)33-18-34-31)22-9-6-21(17-32)7-10-22/h5-10,15-16,18,23H,4,11-14H2,1-3H3,(H,35,37)(H,33,34,36). The molecular formula is C31H31N7O. The van der Waals surface area contributed by atoms with Gasteiger partial charge in [0.1, 0.15) is 29.4 Å². The fourth-order valence-corrected chi connectivity index (χ4v) is 5.45. The Bertz CT molecular complexity index is 1670. The molecule has 0 saturated carbocycles. The van der Waals surface area contributed by atoms with E-state index in [0.717, 1.165) is 88.1 Å². The summed E-state index contributed by atoms with van der Waals surface area (Å²) in [6.45, 7) is 8.58. The van der Waals surface area contributed by atoms with Gasteiger partial charge in [0.15, 0.2) is 0 Å². The quantitative estimate of drug-likeness (QED) is 0.274. The monoisotopic (exact) mass is 517 g/mol. The molecule has 1 saturated heterocycles. The highest BCUT2D eigenvalue weighted by Gasteiger charge is 2.26. The SMILES string of the molecule is CCOc1cc(-c2[nH]c(C3CCN(c4ncnc5[nH]c(-c6ccc(C#N)cc6)cc45)CC3)nc2C)ccc1C. The number of hydrogen-bond donors (Lipinski definition) is 2.